The maximum absolute atomic E-state index is 12.1. The molecule has 1 aliphatic carbocycles. The van der Waals surface area contributed by atoms with Gasteiger partial charge in [-0.25, -0.2) is 0 Å². The van der Waals surface area contributed by atoms with Crippen molar-refractivity contribution < 1.29 is 27.6 Å². The predicted molar refractivity (Wildman–Crippen MR) is 104 cm³/mol. The highest BCUT2D eigenvalue weighted by Gasteiger charge is 2.53. The van der Waals surface area contributed by atoms with Crippen LogP contribution in [0.5, 0.6) is 0 Å². The standard InChI is InChI=1S/C20H34O6Si/c1-4-7-12-23-27(24-13-8-5-2,25-14-9-6-3)16-10-11-17-18(15-16)20(22)26-19(17)21/h10,17-18H,4-9,11-15H2,1-3H3. The largest absolute Gasteiger partial charge is 0.532 e. The van der Waals surface area contributed by atoms with Crippen LogP contribution in [-0.4, -0.2) is 40.6 Å². The lowest BCUT2D eigenvalue weighted by molar-refractivity contribution is -0.153. The highest BCUT2D eigenvalue weighted by molar-refractivity contribution is 6.68. The van der Waals surface area contributed by atoms with E-state index in [2.05, 4.69) is 20.8 Å². The molecule has 0 aromatic rings. The SMILES string of the molecule is CCCCO[Si](OCCCC)(OCCCC)C1=CCC2C(=O)OC(=O)C2C1. The Hall–Kier alpha value is -1.02. The van der Waals surface area contributed by atoms with Gasteiger partial charge in [-0.2, -0.15) is 0 Å². The van der Waals surface area contributed by atoms with Gasteiger partial charge in [0, 0.05) is 19.8 Å². The molecule has 1 fully saturated rings. The number of carbonyl (C=O) groups is 2. The van der Waals surface area contributed by atoms with Crippen molar-refractivity contribution >= 4 is 20.7 Å². The Kier molecular flexibility index (Phi) is 9.15. The molecule has 0 N–H and O–H groups in total. The first kappa shape index (κ1) is 22.3. The highest BCUT2D eigenvalue weighted by Crippen LogP contribution is 2.40. The lowest BCUT2D eigenvalue weighted by Crippen LogP contribution is -2.50. The first-order chi connectivity index (χ1) is 13.1. The minimum absolute atomic E-state index is 0.366. The van der Waals surface area contributed by atoms with E-state index in [4.69, 9.17) is 18.0 Å². The zero-order chi connectivity index (χ0) is 19.7. The van der Waals surface area contributed by atoms with Crippen LogP contribution in [0, 0.1) is 11.8 Å². The van der Waals surface area contributed by atoms with Gasteiger partial charge >= 0.3 is 20.7 Å². The molecule has 0 radical (unpaired) electrons. The summed E-state index contributed by atoms with van der Waals surface area (Å²) < 4.78 is 23.8. The summed E-state index contributed by atoms with van der Waals surface area (Å²) in [7, 11) is -3.08. The summed E-state index contributed by atoms with van der Waals surface area (Å²) in [6, 6.07) is 0. The van der Waals surface area contributed by atoms with Crippen LogP contribution < -0.4 is 0 Å². The van der Waals surface area contributed by atoms with Crippen LogP contribution in [0.3, 0.4) is 0 Å². The molecule has 0 aromatic carbocycles. The molecule has 2 rings (SSSR count). The van der Waals surface area contributed by atoms with Crippen molar-refractivity contribution in [2.75, 3.05) is 19.8 Å². The maximum Gasteiger partial charge on any atom is 0.532 e. The molecule has 154 valence electrons. The third-order valence-corrected chi connectivity index (χ3v) is 8.06. The number of fused-ring (bicyclic) bond motifs is 1. The van der Waals surface area contributed by atoms with E-state index in [-0.39, 0.29) is 5.92 Å². The lowest BCUT2D eigenvalue weighted by Gasteiger charge is -2.34. The first-order valence-electron chi connectivity index (χ1n) is 10.4. The van der Waals surface area contributed by atoms with Gasteiger partial charge in [-0.05, 0) is 37.3 Å². The van der Waals surface area contributed by atoms with Gasteiger partial charge in [0.25, 0.3) is 0 Å². The number of rotatable bonds is 13. The number of unbranched alkanes of at least 4 members (excludes halogenated alkanes) is 3. The fourth-order valence-corrected chi connectivity index (χ4v) is 6.24. The minimum atomic E-state index is -3.08. The monoisotopic (exact) mass is 398 g/mol. The van der Waals surface area contributed by atoms with E-state index in [0.29, 0.717) is 32.7 Å². The van der Waals surface area contributed by atoms with Crippen molar-refractivity contribution in [2.45, 2.75) is 72.1 Å². The van der Waals surface area contributed by atoms with Gasteiger partial charge in [-0.15, -0.1) is 0 Å². The fraction of sp³-hybridized carbons (Fsp3) is 0.800. The smallest absolute Gasteiger partial charge is 0.393 e. The molecule has 0 saturated carbocycles. The van der Waals surface area contributed by atoms with Crippen molar-refractivity contribution in [3.05, 3.63) is 11.3 Å². The topological polar surface area (TPSA) is 71.1 Å². The second-order valence-corrected chi connectivity index (χ2v) is 9.91. The van der Waals surface area contributed by atoms with E-state index in [9.17, 15) is 9.59 Å². The predicted octanol–water partition coefficient (Wildman–Crippen LogP) is 3.95. The molecule has 0 amide bonds. The van der Waals surface area contributed by atoms with Crippen molar-refractivity contribution in [1.29, 1.82) is 0 Å². The fourth-order valence-electron chi connectivity index (χ4n) is 3.36. The molecule has 0 bridgehead atoms. The molecule has 2 atom stereocenters. The number of cyclic esters (lactones) is 2. The third-order valence-electron chi connectivity index (χ3n) is 5.11. The van der Waals surface area contributed by atoms with Gasteiger partial charge in [-0.3, -0.25) is 9.59 Å². The molecule has 27 heavy (non-hydrogen) atoms. The molecule has 6 nitrogen and oxygen atoms in total. The number of esters is 2. The zero-order valence-electron chi connectivity index (χ0n) is 17.0. The van der Waals surface area contributed by atoms with E-state index in [1.807, 2.05) is 6.08 Å². The summed E-state index contributed by atoms with van der Waals surface area (Å²) in [5.41, 5.74) is 0. The summed E-state index contributed by atoms with van der Waals surface area (Å²) >= 11 is 0. The Morgan fingerprint density at radius 3 is 1.85 bits per heavy atom. The molecule has 2 unspecified atom stereocenters. The van der Waals surface area contributed by atoms with Crippen molar-refractivity contribution in [3.8, 4) is 0 Å². The summed E-state index contributed by atoms with van der Waals surface area (Å²) in [4.78, 5) is 23.9. The molecular formula is C20H34O6Si. The number of ether oxygens (including phenoxy) is 1. The second kappa shape index (κ2) is 11.1. The van der Waals surface area contributed by atoms with Crippen LogP contribution in [-0.2, 0) is 27.6 Å². The Bertz CT molecular complexity index is 506. The average molecular weight is 399 g/mol. The minimum Gasteiger partial charge on any atom is -0.393 e. The summed E-state index contributed by atoms with van der Waals surface area (Å²) in [6.45, 7) is 8.09. The normalized spacial score (nSPS) is 22.6. The van der Waals surface area contributed by atoms with Gasteiger partial charge in [-0.1, -0.05) is 46.1 Å². The average Bonchev–Trinajstić information content (AvgIpc) is 2.95. The Morgan fingerprint density at radius 2 is 1.37 bits per heavy atom. The van der Waals surface area contributed by atoms with Crippen molar-refractivity contribution in [3.63, 3.8) is 0 Å². The second-order valence-electron chi connectivity index (χ2n) is 7.28. The molecule has 1 saturated heterocycles. The third kappa shape index (κ3) is 5.73. The quantitative estimate of drug-likeness (QED) is 0.202. The molecule has 0 spiro atoms. The van der Waals surface area contributed by atoms with Crippen LogP contribution in [0.15, 0.2) is 11.3 Å². The highest BCUT2D eigenvalue weighted by atomic mass is 28.4. The van der Waals surface area contributed by atoms with Crippen LogP contribution in [0.1, 0.15) is 72.1 Å². The van der Waals surface area contributed by atoms with Gasteiger partial charge in [0.2, 0.25) is 0 Å². The number of carbonyl (C=O) groups excluding carboxylic acids is 2. The first-order valence-corrected chi connectivity index (χ1v) is 12.2. The molecule has 1 heterocycles. The van der Waals surface area contributed by atoms with Crippen LogP contribution in [0.25, 0.3) is 0 Å². The van der Waals surface area contributed by atoms with Gasteiger partial charge in [0.05, 0.1) is 11.8 Å². The Balaban J connectivity index is 2.22. The number of hydrogen-bond donors (Lipinski definition) is 0. The summed E-state index contributed by atoms with van der Waals surface area (Å²) in [6.07, 6.45) is 8.82. The van der Waals surface area contributed by atoms with Crippen LogP contribution >= 0.6 is 0 Å². The Labute approximate surface area is 164 Å². The number of allylic oxidation sites excluding steroid dienone is 2. The summed E-state index contributed by atoms with van der Waals surface area (Å²) in [5, 5.41) is 0.943. The van der Waals surface area contributed by atoms with E-state index in [1.54, 1.807) is 0 Å². The van der Waals surface area contributed by atoms with Crippen molar-refractivity contribution in [2.24, 2.45) is 11.8 Å². The number of hydrogen-bond acceptors (Lipinski definition) is 6. The van der Waals surface area contributed by atoms with Gasteiger partial charge < -0.3 is 18.0 Å². The van der Waals surface area contributed by atoms with E-state index in [1.165, 1.54) is 0 Å². The van der Waals surface area contributed by atoms with E-state index >= 15 is 0 Å². The van der Waals surface area contributed by atoms with E-state index in [0.717, 1.165) is 43.7 Å². The van der Waals surface area contributed by atoms with Crippen molar-refractivity contribution in [1.82, 2.24) is 0 Å². The molecular weight excluding hydrogens is 364 g/mol. The molecule has 7 heteroatoms. The zero-order valence-corrected chi connectivity index (χ0v) is 18.0. The van der Waals surface area contributed by atoms with Crippen LogP contribution in [0.2, 0.25) is 0 Å². The molecule has 2 aliphatic rings. The van der Waals surface area contributed by atoms with Gasteiger partial charge in [0.15, 0.2) is 0 Å². The van der Waals surface area contributed by atoms with Crippen LogP contribution in [0.4, 0.5) is 0 Å². The molecule has 1 aliphatic heterocycles. The summed E-state index contributed by atoms with van der Waals surface area (Å²) in [5.74, 6) is -1.62. The lowest BCUT2D eigenvalue weighted by atomic mass is 9.85. The Morgan fingerprint density at radius 1 is 0.889 bits per heavy atom. The molecule has 0 aromatic heterocycles. The van der Waals surface area contributed by atoms with E-state index < -0.39 is 26.7 Å². The maximum atomic E-state index is 12.1. The van der Waals surface area contributed by atoms with Gasteiger partial charge in [0.1, 0.15) is 0 Å².